The number of aliphatic imine (C=N–C) groups is 1. The highest BCUT2D eigenvalue weighted by atomic mass is 127. The Morgan fingerprint density at radius 1 is 1.45 bits per heavy atom. The van der Waals surface area contributed by atoms with Crippen molar-refractivity contribution in [2.75, 3.05) is 20.2 Å². The number of nitrogens with zero attached hydrogens (tertiary/aromatic N) is 3. The molecule has 1 aromatic rings. The van der Waals surface area contributed by atoms with Crippen LogP contribution in [0.2, 0.25) is 0 Å². The first-order valence-electron chi connectivity index (χ1n) is 6.49. The molecular formula is C12H22IN5O2. The van der Waals surface area contributed by atoms with E-state index in [0.29, 0.717) is 24.2 Å². The maximum atomic E-state index is 5.72. The van der Waals surface area contributed by atoms with Crippen molar-refractivity contribution in [1.29, 1.82) is 0 Å². The van der Waals surface area contributed by atoms with Gasteiger partial charge in [-0.15, -0.1) is 24.0 Å². The molecule has 0 spiro atoms. The van der Waals surface area contributed by atoms with Gasteiger partial charge >= 0.3 is 0 Å². The van der Waals surface area contributed by atoms with Crippen molar-refractivity contribution in [2.45, 2.75) is 38.8 Å². The fourth-order valence-corrected chi connectivity index (χ4v) is 2.04. The molecule has 20 heavy (non-hydrogen) atoms. The van der Waals surface area contributed by atoms with Crippen molar-refractivity contribution in [3.63, 3.8) is 0 Å². The van der Waals surface area contributed by atoms with E-state index in [9.17, 15) is 0 Å². The second-order valence-electron chi connectivity index (χ2n) is 4.91. The molecule has 0 aliphatic carbocycles. The Hall–Kier alpha value is -0.900. The molecule has 0 bridgehead atoms. The van der Waals surface area contributed by atoms with Gasteiger partial charge in [0.25, 0.3) is 0 Å². The molecule has 7 nitrogen and oxygen atoms in total. The number of guanidine groups is 1. The fourth-order valence-electron chi connectivity index (χ4n) is 2.04. The zero-order valence-electron chi connectivity index (χ0n) is 12.1. The molecule has 1 aliphatic rings. The number of nitrogens with one attached hydrogen (secondary N) is 2. The van der Waals surface area contributed by atoms with Crippen molar-refractivity contribution < 1.29 is 9.26 Å². The van der Waals surface area contributed by atoms with Gasteiger partial charge in [0, 0.05) is 27.1 Å². The zero-order valence-corrected chi connectivity index (χ0v) is 14.4. The molecule has 0 amide bonds. The third kappa shape index (κ3) is 4.89. The van der Waals surface area contributed by atoms with Crippen LogP contribution in [0.3, 0.4) is 0 Å². The van der Waals surface area contributed by atoms with Crippen molar-refractivity contribution in [2.24, 2.45) is 4.99 Å². The van der Waals surface area contributed by atoms with Gasteiger partial charge in [-0.2, -0.15) is 4.98 Å². The van der Waals surface area contributed by atoms with Crippen molar-refractivity contribution >= 4 is 29.9 Å². The molecule has 8 heteroatoms. The SMILES string of the molecule is CN=C(NCc1noc(C)n1)NCC1(C)CCCO1.I. The lowest BCUT2D eigenvalue weighted by atomic mass is 10.0. The molecule has 1 fully saturated rings. The molecule has 1 unspecified atom stereocenters. The third-order valence-corrected chi connectivity index (χ3v) is 3.14. The topological polar surface area (TPSA) is 84.6 Å². The molecule has 0 radical (unpaired) electrons. The van der Waals surface area contributed by atoms with Crippen molar-refractivity contribution in [3.8, 4) is 0 Å². The van der Waals surface area contributed by atoms with Crippen LogP contribution in [0.4, 0.5) is 0 Å². The molecule has 1 saturated heterocycles. The summed E-state index contributed by atoms with van der Waals surface area (Å²) in [5.41, 5.74) is -0.0969. The quantitative estimate of drug-likeness (QED) is 0.453. The molecule has 0 aromatic carbocycles. The molecular weight excluding hydrogens is 373 g/mol. The number of ether oxygens (including phenoxy) is 1. The summed E-state index contributed by atoms with van der Waals surface area (Å²) in [6, 6.07) is 0. The molecule has 1 aliphatic heterocycles. The summed E-state index contributed by atoms with van der Waals surface area (Å²) in [5.74, 6) is 1.88. The Morgan fingerprint density at radius 2 is 2.25 bits per heavy atom. The monoisotopic (exact) mass is 395 g/mol. The molecule has 2 heterocycles. The maximum absolute atomic E-state index is 5.72. The molecule has 0 saturated carbocycles. The largest absolute Gasteiger partial charge is 0.373 e. The number of rotatable bonds is 4. The number of hydrogen-bond donors (Lipinski definition) is 2. The normalized spacial score (nSPS) is 22.4. The molecule has 1 atom stereocenters. The minimum absolute atomic E-state index is 0. The number of hydrogen-bond acceptors (Lipinski definition) is 5. The molecule has 1 aromatic heterocycles. The van der Waals surface area contributed by atoms with E-state index in [4.69, 9.17) is 9.26 Å². The molecule has 2 N–H and O–H groups in total. The minimum Gasteiger partial charge on any atom is -0.373 e. The van der Waals surface area contributed by atoms with E-state index < -0.39 is 0 Å². The Balaban J connectivity index is 0.00000200. The molecule has 114 valence electrons. The van der Waals surface area contributed by atoms with E-state index in [1.54, 1.807) is 14.0 Å². The van der Waals surface area contributed by atoms with E-state index in [-0.39, 0.29) is 29.6 Å². The van der Waals surface area contributed by atoms with Crippen molar-refractivity contribution in [3.05, 3.63) is 11.7 Å². The average molecular weight is 395 g/mol. The fraction of sp³-hybridized carbons (Fsp3) is 0.750. The van der Waals surface area contributed by atoms with Crippen LogP contribution in [0.15, 0.2) is 9.52 Å². The van der Waals surface area contributed by atoms with Crippen LogP contribution >= 0.6 is 24.0 Å². The lowest BCUT2D eigenvalue weighted by Gasteiger charge is -2.24. The van der Waals surface area contributed by atoms with E-state index in [1.807, 2.05) is 0 Å². The van der Waals surface area contributed by atoms with Gasteiger partial charge in [-0.05, 0) is 19.8 Å². The van der Waals surface area contributed by atoms with E-state index >= 15 is 0 Å². The van der Waals surface area contributed by atoms with Gasteiger partial charge in [-0.1, -0.05) is 5.16 Å². The summed E-state index contributed by atoms with van der Waals surface area (Å²) in [7, 11) is 1.73. The summed E-state index contributed by atoms with van der Waals surface area (Å²) < 4.78 is 10.6. The van der Waals surface area contributed by atoms with Crippen LogP contribution in [0.25, 0.3) is 0 Å². The van der Waals surface area contributed by atoms with Gasteiger partial charge in [0.05, 0.1) is 12.1 Å². The van der Waals surface area contributed by atoms with Gasteiger partial charge in [-0.25, -0.2) is 0 Å². The first kappa shape index (κ1) is 17.2. The van der Waals surface area contributed by atoms with Crippen LogP contribution in [0.5, 0.6) is 0 Å². The van der Waals surface area contributed by atoms with Crippen molar-refractivity contribution in [1.82, 2.24) is 20.8 Å². The predicted molar refractivity (Wildman–Crippen MR) is 86.2 cm³/mol. The lowest BCUT2D eigenvalue weighted by Crippen LogP contribution is -2.45. The number of aromatic nitrogens is 2. The zero-order chi connectivity index (χ0) is 13.7. The van der Waals surface area contributed by atoms with Gasteiger partial charge < -0.3 is 19.9 Å². The standard InChI is InChI=1S/C12H21N5O2.HI/c1-9-16-10(17-19-9)7-14-11(13-3)15-8-12(2)5-4-6-18-12;/h4-8H2,1-3H3,(H2,13,14,15);1H. The van der Waals surface area contributed by atoms with Crippen LogP contribution in [0, 0.1) is 6.92 Å². The van der Waals surface area contributed by atoms with Crippen LogP contribution < -0.4 is 10.6 Å². The first-order chi connectivity index (χ1) is 9.11. The highest BCUT2D eigenvalue weighted by Crippen LogP contribution is 2.23. The highest BCUT2D eigenvalue weighted by molar-refractivity contribution is 14.0. The second-order valence-corrected chi connectivity index (χ2v) is 4.91. The van der Waals surface area contributed by atoms with Gasteiger partial charge in [0.15, 0.2) is 11.8 Å². The van der Waals surface area contributed by atoms with E-state index in [0.717, 1.165) is 26.0 Å². The Morgan fingerprint density at radius 3 is 2.80 bits per heavy atom. The average Bonchev–Trinajstić information content (AvgIpc) is 2.99. The van der Waals surface area contributed by atoms with Crippen LogP contribution in [0.1, 0.15) is 31.5 Å². The Bertz CT molecular complexity index is 443. The lowest BCUT2D eigenvalue weighted by molar-refractivity contribution is 0.0243. The Labute approximate surface area is 136 Å². The predicted octanol–water partition coefficient (Wildman–Crippen LogP) is 1.23. The van der Waals surface area contributed by atoms with E-state index in [2.05, 4.69) is 32.7 Å². The number of halogens is 1. The third-order valence-electron chi connectivity index (χ3n) is 3.14. The second kappa shape index (κ2) is 7.77. The summed E-state index contributed by atoms with van der Waals surface area (Å²) in [6.07, 6.45) is 2.19. The summed E-state index contributed by atoms with van der Waals surface area (Å²) in [5, 5.41) is 10.2. The maximum Gasteiger partial charge on any atom is 0.223 e. The first-order valence-corrected chi connectivity index (χ1v) is 6.49. The number of aryl methyl sites for hydroxylation is 1. The minimum atomic E-state index is -0.0969. The van der Waals surface area contributed by atoms with Gasteiger partial charge in [-0.3, -0.25) is 4.99 Å². The van der Waals surface area contributed by atoms with Gasteiger partial charge in [0.1, 0.15) is 0 Å². The summed E-state index contributed by atoms with van der Waals surface area (Å²) >= 11 is 0. The Kier molecular flexibility index (Phi) is 6.66. The summed E-state index contributed by atoms with van der Waals surface area (Å²) in [4.78, 5) is 8.28. The molecule has 2 rings (SSSR count). The van der Waals surface area contributed by atoms with Crippen LogP contribution in [-0.4, -0.2) is 41.9 Å². The smallest absolute Gasteiger partial charge is 0.223 e. The highest BCUT2D eigenvalue weighted by Gasteiger charge is 2.29. The summed E-state index contributed by atoms with van der Waals surface area (Å²) in [6.45, 7) is 5.93. The van der Waals surface area contributed by atoms with Crippen LogP contribution in [-0.2, 0) is 11.3 Å². The van der Waals surface area contributed by atoms with Gasteiger partial charge in [0.2, 0.25) is 5.89 Å². The van der Waals surface area contributed by atoms with E-state index in [1.165, 1.54) is 0 Å².